The molecule has 0 amide bonds. The summed E-state index contributed by atoms with van der Waals surface area (Å²) in [6, 6.07) is 9.85. The lowest BCUT2D eigenvalue weighted by Gasteiger charge is -2.32. The summed E-state index contributed by atoms with van der Waals surface area (Å²) in [7, 11) is 0. The molecule has 3 nitrogen and oxygen atoms in total. The van der Waals surface area contributed by atoms with Crippen molar-refractivity contribution in [3.8, 4) is 0 Å². The van der Waals surface area contributed by atoms with Gasteiger partial charge in [-0.1, -0.05) is 18.2 Å². The van der Waals surface area contributed by atoms with Crippen molar-refractivity contribution in [1.29, 1.82) is 0 Å². The number of hydrogen-bond donors (Lipinski definition) is 1. The highest BCUT2D eigenvalue weighted by atomic mass is 19.4. The van der Waals surface area contributed by atoms with E-state index >= 15 is 0 Å². The normalized spacial score (nSPS) is 17.0. The maximum atomic E-state index is 12.9. The molecule has 2 aromatic heterocycles. The molecule has 4 rings (SSSR count). The van der Waals surface area contributed by atoms with Crippen molar-refractivity contribution in [2.24, 2.45) is 0 Å². The summed E-state index contributed by atoms with van der Waals surface area (Å²) in [5, 5.41) is 1.12. The van der Waals surface area contributed by atoms with Gasteiger partial charge in [-0.05, 0) is 61.2 Å². The van der Waals surface area contributed by atoms with Crippen molar-refractivity contribution in [2.45, 2.75) is 31.5 Å². The summed E-state index contributed by atoms with van der Waals surface area (Å²) in [5.74, 6) is 0.458. The second-order valence-electron chi connectivity index (χ2n) is 6.93. The van der Waals surface area contributed by atoms with Crippen LogP contribution in [0.2, 0.25) is 0 Å². The molecule has 1 aliphatic rings. The van der Waals surface area contributed by atoms with Gasteiger partial charge in [0.25, 0.3) is 0 Å². The molecule has 1 fully saturated rings. The van der Waals surface area contributed by atoms with E-state index in [9.17, 15) is 13.2 Å². The fourth-order valence-electron chi connectivity index (χ4n) is 3.71. The lowest BCUT2D eigenvalue weighted by molar-refractivity contribution is -0.137. The van der Waals surface area contributed by atoms with Crippen molar-refractivity contribution in [1.82, 2.24) is 14.9 Å². The number of nitrogens with zero attached hydrogens (tertiary/aromatic N) is 2. The first-order valence-corrected chi connectivity index (χ1v) is 8.80. The fourth-order valence-corrected chi connectivity index (χ4v) is 3.71. The number of halogens is 3. The number of piperidine rings is 1. The van der Waals surface area contributed by atoms with Crippen LogP contribution in [0.5, 0.6) is 0 Å². The van der Waals surface area contributed by atoms with Gasteiger partial charge < -0.3 is 4.98 Å². The first-order chi connectivity index (χ1) is 12.5. The van der Waals surface area contributed by atoms with E-state index in [4.69, 9.17) is 0 Å². The second-order valence-corrected chi connectivity index (χ2v) is 6.93. The molecular formula is C20H20F3N3. The van der Waals surface area contributed by atoms with Gasteiger partial charge in [-0.15, -0.1) is 0 Å². The Kier molecular flexibility index (Phi) is 4.44. The van der Waals surface area contributed by atoms with Crippen LogP contribution >= 0.6 is 0 Å². The molecule has 0 saturated carbocycles. The number of hydrogen-bond acceptors (Lipinski definition) is 2. The zero-order valence-electron chi connectivity index (χ0n) is 14.3. The Morgan fingerprint density at radius 2 is 1.92 bits per heavy atom. The molecule has 3 heterocycles. The monoisotopic (exact) mass is 359 g/mol. The van der Waals surface area contributed by atoms with Crippen LogP contribution in [0.25, 0.3) is 11.0 Å². The first-order valence-electron chi connectivity index (χ1n) is 8.80. The van der Waals surface area contributed by atoms with Crippen molar-refractivity contribution >= 4 is 11.0 Å². The van der Waals surface area contributed by atoms with E-state index in [1.165, 1.54) is 17.7 Å². The van der Waals surface area contributed by atoms with Gasteiger partial charge in [0.1, 0.15) is 5.65 Å². The second kappa shape index (κ2) is 6.76. The number of fused-ring (bicyclic) bond motifs is 1. The summed E-state index contributed by atoms with van der Waals surface area (Å²) >= 11 is 0. The average Bonchev–Trinajstić information content (AvgIpc) is 3.10. The minimum Gasteiger partial charge on any atom is -0.346 e. The molecule has 1 N–H and O–H groups in total. The van der Waals surface area contributed by atoms with E-state index in [1.807, 2.05) is 18.5 Å². The van der Waals surface area contributed by atoms with Crippen LogP contribution in [-0.4, -0.2) is 28.0 Å². The molecule has 0 unspecified atom stereocenters. The van der Waals surface area contributed by atoms with Crippen LogP contribution in [-0.2, 0) is 12.7 Å². The smallest absolute Gasteiger partial charge is 0.346 e. The Labute approximate surface area is 149 Å². The summed E-state index contributed by atoms with van der Waals surface area (Å²) in [6.07, 6.45) is 1.53. The fraction of sp³-hybridized carbons (Fsp3) is 0.350. The molecule has 3 aromatic rings. The number of nitrogens with one attached hydrogen (secondary N) is 1. The van der Waals surface area contributed by atoms with E-state index in [2.05, 4.69) is 20.9 Å². The minimum absolute atomic E-state index is 0.458. The number of H-pyrrole nitrogens is 1. The van der Waals surface area contributed by atoms with E-state index in [1.54, 1.807) is 6.07 Å². The van der Waals surface area contributed by atoms with E-state index in [0.717, 1.165) is 43.0 Å². The summed E-state index contributed by atoms with van der Waals surface area (Å²) < 4.78 is 38.6. The van der Waals surface area contributed by atoms with Crippen LogP contribution in [0.15, 0.2) is 48.8 Å². The van der Waals surface area contributed by atoms with Crippen LogP contribution < -0.4 is 0 Å². The quantitative estimate of drug-likeness (QED) is 0.717. The summed E-state index contributed by atoms with van der Waals surface area (Å²) in [6.45, 7) is 2.32. The molecule has 0 aliphatic carbocycles. The maximum absolute atomic E-state index is 12.9. The SMILES string of the molecule is FC(F)(F)c1cccc(CN2CCC(c3cnc4[nH]ccc4c3)CC2)c1. The zero-order chi connectivity index (χ0) is 18.1. The molecule has 6 heteroatoms. The molecule has 1 aromatic carbocycles. The predicted octanol–water partition coefficient (Wildman–Crippen LogP) is 4.96. The summed E-state index contributed by atoms with van der Waals surface area (Å²) in [4.78, 5) is 9.79. The predicted molar refractivity (Wildman–Crippen MR) is 94.8 cm³/mol. The number of rotatable bonds is 3. The van der Waals surface area contributed by atoms with Crippen LogP contribution in [0.3, 0.4) is 0 Å². The van der Waals surface area contributed by atoms with Crippen molar-refractivity contribution < 1.29 is 13.2 Å². The van der Waals surface area contributed by atoms with Gasteiger partial charge in [0, 0.05) is 24.3 Å². The summed E-state index contributed by atoms with van der Waals surface area (Å²) in [5.41, 5.74) is 2.29. The molecule has 0 spiro atoms. The average molecular weight is 359 g/mol. The van der Waals surface area contributed by atoms with Crippen LogP contribution in [0.4, 0.5) is 13.2 Å². The highest BCUT2D eigenvalue weighted by molar-refractivity contribution is 5.75. The van der Waals surface area contributed by atoms with Gasteiger partial charge in [-0.3, -0.25) is 4.90 Å². The maximum Gasteiger partial charge on any atom is 0.416 e. The molecule has 1 saturated heterocycles. The van der Waals surface area contributed by atoms with Gasteiger partial charge in [0.15, 0.2) is 0 Å². The Hall–Kier alpha value is -2.34. The molecule has 0 bridgehead atoms. The van der Waals surface area contributed by atoms with Crippen LogP contribution in [0, 0.1) is 0 Å². The first kappa shape index (κ1) is 17.1. The van der Waals surface area contributed by atoms with Crippen molar-refractivity contribution in [2.75, 3.05) is 13.1 Å². The molecule has 0 atom stereocenters. The third-order valence-corrected chi connectivity index (χ3v) is 5.14. The highest BCUT2D eigenvalue weighted by Crippen LogP contribution is 2.32. The van der Waals surface area contributed by atoms with Gasteiger partial charge in [-0.2, -0.15) is 13.2 Å². The lowest BCUT2D eigenvalue weighted by atomic mass is 9.90. The Bertz CT molecular complexity index is 892. The zero-order valence-corrected chi connectivity index (χ0v) is 14.3. The number of likely N-dealkylation sites (tertiary alicyclic amines) is 1. The van der Waals surface area contributed by atoms with Gasteiger partial charge in [-0.25, -0.2) is 4.98 Å². The van der Waals surface area contributed by atoms with Crippen molar-refractivity contribution in [3.05, 3.63) is 65.5 Å². The van der Waals surface area contributed by atoms with Crippen molar-refractivity contribution in [3.63, 3.8) is 0 Å². The van der Waals surface area contributed by atoms with Gasteiger partial charge in [0.2, 0.25) is 0 Å². The van der Waals surface area contributed by atoms with E-state index in [0.29, 0.717) is 18.0 Å². The number of alkyl halides is 3. The number of benzene rings is 1. The molecule has 26 heavy (non-hydrogen) atoms. The largest absolute Gasteiger partial charge is 0.416 e. The third kappa shape index (κ3) is 3.60. The number of aromatic nitrogens is 2. The van der Waals surface area contributed by atoms with E-state index < -0.39 is 11.7 Å². The Morgan fingerprint density at radius 3 is 2.69 bits per heavy atom. The van der Waals surface area contributed by atoms with E-state index in [-0.39, 0.29) is 0 Å². The van der Waals surface area contributed by atoms with Gasteiger partial charge >= 0.3 is 6.18 Å². The molecule has 0 radical (unpaired) electrons. The Balaban J connectivity index is 1.39. The minimum atomic E-state index is -4.28. The van der Waals surface area contributed by atoms with Gasteiger partial charge in [0.05, 0.1) is 5.56 Å². The highest BCUT2D eigenvalue weighted by Gasteiger charge is 2.30. The molecule has 1 aliphatic heterocycles. The third-order valence-electron chi connectivity index (χ3n) is 5.14. The number of aromatic amines is 1. The van der Waals surface area contributed by atoms with Crippen LogP contribution in [0.1, 0.15) is 35.4 Å². The molecule has 136 valence electrons. The molecular weight excluding hydrogens is 339 g/mol. The topological polar surface area (TPSA) is 31.9 Å². The number of pyridine rings is 1. The lowest BCUT2D eigenvalue weighted by Crippen LogP contribution is -2.32. The Morgan fingerprint density at radius 1 is 1.12 bits per heavy atom. The standard InChI is InChI=1S/C20H20F3N3/c21-20(22,23)18-3-1-2-14(10-18)13-26-8-5-15(6-9-26)17-11-16-4-7-24-19(16)25-12-17/h1-4,7,10-12,15H,5-6,8-9,13H2,(H,24,25).